The average Bonchev–Trinajstić information content (AvgIpc) is 3.45. The van der Waals surface area contributed by atoms with Gasteiger partial charge in [-0.25, -0.2) is 4.98 Å². The maximum Gasteiger partial charge on any atom is 0.257 e. The lowest BCUT2D eigenvalue weighted by Gasteiger charge is -2.32. The van der Waals surface area contributed by atoms with Gasteiger partial charge < -0.3 is 19.1 Å². The predicted octanol–water partition coefficient (Wildman–Crippen LogP) is 3.29. The Morgan fingerprint density at radius 1 is 1.14 bits per heavy atom. The van der Waals surface area contributed by atoms with Gasteiger partial charge in [0.1, 0.15) is 6.26 Å². The molecule has 7 nitrogen and oxygen atoms in total. The average molecular weight is 393 g/mol. The number of benzene rings is 1. The lowest BCUT2D eigenvalue weighted by molar-refractivity contribution is -0.122. The van der Waals surface area contributed by atoms with Crippen LogP contribution in [0, 0.1) is 0 Å². The Kier molecular flexibility index (Phi) is 5.74. The van der Waals surface area contributed by atoms with Crippen LogP contribution in [0.25, 0.3) is 11.3 Å². The van der Waals surface area contributed by atoms with Gasteiger partial charge in [-0.3, -0.25) is 9.59 Å². The maximum atomic E-state index is 12.3. The molecule has 0 radical (unpaired) electrons. The van der Waals surface area contributed by atoms with Crippen molar-refractivity contribution in [1.82, 2.24) is 15.2 Å². The molecular formula is C22H23N3O4. The Balaban J connectivity index is 1.21. The second-order valence-corrected chi connectivity index (χ2v) is 7.13. The highest BCUT2D eigenvalue weighted by atomic mass is 16.4. The van der Waals surface area contributed by atoms with Gasteiger partial charge in [0.15, 0.2) is 11.7 Å². The fourth-order valence-electron chi connectivity index (χ4n) is 3.48. The Labute approximate surface area is 168 Å². The fraction of sp³-hybridized carbons (Fsp3) is 0.318. The number of nitrogens with zero attached hydrogens (tertiary/aromatic N) is 2. The molecular weight excluding hydrogens is 370 g/mol. The van der Waals surface area contributed by atoms with Gasteiger partial charge in [-0.1, -0.05) is 30.3 Å². The largest absolute Gasteiger partial charge is 0.472 e. The summed E-state index contributed by atoms with van der Waals surface area (Å²) in [5.74, 6) is 1.21. The van der Waals surface area contributed by atoms with E-state index in [-0.39, 0.29) is 17.9 Å². The van der Waals surface area contributed by atoms with Crippen molar-refractivity contribution in [3.63, 3.8) is 0 Å². The zero-order valence-corrected chi connectivity index (χ0v) is 16.0. The van der Waals surface area contributed by atoms with E-state index in [1.54, 1.807) is 17.2 Å². The molecule has 0 aliphatic carbocycles. The quantitative estimate of drug-likeness (QED) is 0.694. The minimum Gasteiger partial charge on any atom is -0.472 e. The first-order valence-corrected chi connectivity index (χ1v) is 9.80. The number of carbonyl (C=O) groups is 2. The second-order valence-electron chi connectivity index (χ2n) is 7.13. The van der Waals surface area contributed by atoms with Crippen LogP contribution in [0.5, 0.6) is 0 Å². The molecule has 1 N–H and O–H groups in total. The Morgan fingerprint density at radius 2 is 1.93 bits per heavy atom. The number of amides is 2. The number of piperidine rings is 1. The van der Waals surface area contributed by atoms with Gasteiger partial charge in [-0.05, 0) is 18.9 Å². The van der Waals surface area contributed by atoms with Crippen LogP contribution >= 0.6 is 0 Å². The summed E-state index contributed by atoms with van der Waals surface area (Å²) in [6.45, 7) is 1.24. The minimum absolute atomic E-state index is 0.0240. The van der Waals surface area contributed by atoms with Crippen LogP contribution in [-0.4, -0.2) is 40.8 Å². The molecule has 7 heteroatoms. The van der Waals surface area contributed by atoms with Crippen molar-refractivity contribution >= 4 is 11.8 Å². The van der Waals surface area contributed by atoms with Crippen LogP contribution in [0.15, 0.2) is 64.0 Å². The van der Waals surface area contributed by atoms with Crippen molar-refractivity contribution in [1.29, 1.82) is 0 Å². The fourth-order valence-corrected chi connectivity index (χ4v) is 3.48. The van der Waals surface area contributed by atoms with Crippen molar-refractivity contribution < 1.29 is 18.4 Å². The van der Waals surface area contributed by atoms with Gasteiger partial charge in [0.05, 0.1) is 18.0 Å². The van der Waals surface area contributed by atoms with Gasteiger partial charge >= 0.3 is 0 Å². The van der Waals surface area contributed by atoms with Crippen LogP contribution in [0.4, 0.5) is 0 Å². The zero-order chi connectivity index (χ0) is 20.1. The molecule has 1 aliphatic heterocycles. The van der Waals surface area contributed by atoms with E-state index in [0.29, 0.717) is 43.1 Å². The number of hydrogen-bond acceptors (Lipinski definition) is 5. The maximum absolute atomic E-state index is 12.3. The third-order valence-corrected chi connectivity index (χ3v) is 5.09. The Bertz CT molecular complexity index is 942. The number of carbonyl (C=O) groups excluding carboxylic acids is 2. The number of nitrogens with one attached hydrogen (secondary N) is 1. The molecule has 1 fully saturated rings. The first kappa shape index (κ1) is 19.0. The van der Waals surface area contributed by atoms with E-state index in [4.69, 9.17) is 8.83 Å². The lowest BCUT2D eigenvalue weighted by atomic mass is 10.0. The summed E-state index contributed by atoms with van der Waals surface area (Å²) in [5.41, 5.74) is 1.53. The van der Waals surface area contributed by atoms with Crippen molar-refractivity contribution in [3.05, 3.63) is 66.6 Å². The smallest absolute Gasteiger partial charge is 0.257 e. The van der Waals surface area contributed by atoms with Gasteiger partial charge in [0, 0.05) is 37.5 Å². The van der Waals surface area contributed by atoms with Crippen LogP contribution in [-0.2, 0) is 11.2 Å². The van der Waals surface area contributed by atoms with Crippen LogP contribution < -0.4 is 5.32 Å². The Morgan fingerprint density at radius 3 is 2.66 bits per heavy atom. The normalized spacial score (nSPS) is 14.7. The molecule has 2 aromatic heterocycles. The molecule has 0 atom stereocenters. The number of rotatable bonds is 6. The van der Waals surface area contributed by atoms with Gasteiger partial charge in [0.2, 0.25) is 5.91 Å². The summed E-state index contributed by atoms with van der Waals surface area (Å²) in [5, 5.41) is 3.06. The van der Waals surface area contributed by atoms with Crippen molar-refractivity contribution in [2.45, 2.75) is 31.7 Å². The summed E-state index contributed by atoms with van der Waals surface area (Å²) in [7, 11) is 0. The minimum atomic E-state index is -0.0263. The SMILES string of the molecule is O=C(CCc1ncc(-c2ccccc2)o1)NC1CCN(C(=O)c2ccoc2)CC1. The van der Waals surface area contributed by atoms with E-state index >= 15 is 0 Å². The topological polar surface area (TPSA) is 88.6 Å². The molecule has 2 amide bonds. The van der Waals surface area contributed by atoms with E-state index in [1.807, 2.05) is 30.3 Å². The molecule has 0 saturated carbocycles. The molecule has 0 bridgehead atoms. The van der Waals surface area contributed by atoms with E-state index < -0.39 is 0 Å². The van der Waals surface area contributed by atoms with Crippen LogP contribution in [0.2, 0.25) is 0 Å². The monoisotopic (exact) mass is 393 g/mol. The number of likely N-dealkylation sites (tertiary alicyclic amines) is 1. The predicted molar refractivity (Wildman–Crippen MR) is 106 cm³/mol. The van der Waals surface area contributed by atoms with E-state index in [9.17, 15) is 9.59 Å². The first-order chi connectivity index (χ1) is 14.2. The van der Waals surface area contributed by atoms with Crippen LogP contribution in [0.3, 0.4) is 0 Å². The number of aryl methyl sites for hydroxylation is 1. The van der Waals surface area contributed by atoms with Gasteiger partial charge in [0.25, 0.3) is 5.91 Å². The number of hydrogen-bond donors (Lipinski definition) is 1. The summed E-state index contributed by atoms with van der Waals surface area (Å²) in [6, 6.07) is 11.5. The molecule has 1 aliphatic rings. The lowest BCUT2D eigenvalue weighted by Crippen LogP contribution is -2.46. The number of aromatic nitrogens is 1. The summed E-state index contributed by atoms with van der Waals surface area (Å²) < 4.78 is 10.7. The molecule has 29 heavy (non-hydrogen) atoms. The molecule has 4 rings (SSSR count). The third-order valence-electron chi connectivity index (χ3n) is 5.09. The molecule has 1 aromatic carbocycles. The molecule has 0 unspecified atom stereocenters. The Hall–Kier alpha value is -3.35. The summed E-state index contributed by atoms with van der Waals surface area (Å²) in [6.07, 6.45) is 6.91. The molecule has 3 aromatic rings. The van der Waals surface area contributed by atoms with E-state index in [2.05, 4.69) is 10.3 Å². The van der Waals surface area contributed by atoms with Crippen molar-refractivity contribution in [2.75, 3.05) is 13.1 Å². The van der Waals surface area contributed by atoms with Crippen molar-refractivity contribution in [3.8, 4) is 11.3 Å². The molecule has 150 valence electrons. The second kappa shape index (κ2) is 8.77. The van der Waals surface area contributed by atoms with Gasteiger partial charge in [-0.15, -0.1) is 0 Å². The molecule has 3 heterocycles. The molecule has 1 saturated heterocycles. The summed E-state index contributed by atoms with van der Waals surface area (Å²) in [4.78, 5) is 30.7. The first-order valence-electron chi connectivity index (χ1n) is 9.80. The highest BCUT2D eigenvalue weighted by molar-refractivity contribution is 5.93. The highest BCUT2D eigenvalue weighted by Crippen LogP contribution is 2.20. The third kappa shape index (κ3) is 4.74. The van der Waals surface area contributed by atoms with Crippen LogP contribution in [0.1, 0.15) is 35.5 Å². The van der Waals surface area contributed by atoms with E-state index in [0.717, 1.165) is 18.4 Å². The number of oxazole rings is 1. The molecule has 0 spiro atoms. The summed E-state index contributed by atoms with van der Waals surface area (Å²) >= 11 is 0. The van der Waals surface area contributed by atoms with Crippen molar-refractivity contribution in [2.24, 2.45) is 0 Å². The van der Waals surface area contributed by atoms with E-state index in [1.165, 1.54) is 12.5 Å². The zero-order valence-electron chi connectivity index (χ0n) is 16.0. The van der Waals surface area contributed by atoms with Gasteiger partial charge in [-0.2, -0.15) is 0 Å². The highest BCUT2D eigenvalue weighted by Gasteiger charge is 2.25. The standard InChI is InChI=1S/C22H23N3O4/c26-20(6-7-21-23-14-19(29-21)16-4-2-1-3-5-16)24-18-8-11-25(12-9-18)22(27)17-10-13-28-15-17/h1-5,10,13-15,18H,6-9,11-12H2,(H,24,26). The number of furan rings is 1.